The van der Waals surface area contributed by atoms with Gasteiger partial charge < -0.3 is 29.1 Å². The second-order valence-electron chi connectivity index (χ2n) is 13.4. The first kappa shape index (κ1) is 32.4. The van der Waals surface area contributed by atoms with Gasteiger partial charge >= 0.3 is 11.9 Å². The minimum Gasteiger partial charge on any atom is -0.490 e. The fourth-order valence-electron chi connectivity index (χ4n) is 7.81. The average molecular weight is 651 g/mol. The summed E-state index contributed by atoms with van der Waals surface area (Å²) in [6, 6.07) is 11.4. The molecule has 10 heteroatoms. The minimum absolute atomic E-state index is 0.128. The third-order valence-corrected chi connectivity index (χ3v) is 10.7. The first-order chi connectivity index (χ1) is 22.0. The zero-order valence-corrected chi connectivity index (χ0v) is 27.6. The van der Waals surface area contributed by atoms with Crippen molar-refractivity contribution < 1.29 is 33.7 Å². The summed E-state index contributed by atoms with van der Waals surface area (Å²) < 4.78 is 17.5. The highest BCUT2D eigenvalue weighted by molar-refractivity contribution is 6.30. The van der Waals surface area contributed by atoms with Crippen molar-refractivity contribution in [2.24, 2.45) is 11.8 Å². The maximum atomic E-state index is 13.4. The number of hydrogen-bond donors (Lipinski definition) is 1. The lowest BCUT2D eigenvalue weighted by molar-refractivity contribution is -0.168. The lowest BCUT2D eigenvalue weighted by Gasteiger charge is -2.46. The molecule has 2 bridgehead atoms. The van der Waals surface area contributed by atoms with Crippen LogP contribution in [0.2, 0.25) is 5.02 Å². The van der Waals surface area contributed by atoms with Gasteiger partial charge in [-0.3, -0.25) is 9.59 Å². The number of aryl methyl sites for hydroxylation is 1. The first-order valence-electron chi connectivity index (χ1n) is 16.2. The van der Waals surface area contributed by atoms with Crippen molar-refractivity contribution in [1.29, 1.82) is 0 Å². The molecule has 6 rings (SSSR count). The van der Waals surface area contributed by atoms with Gasteiger partial charge in [-0.15, -0.1) is 0 Å². The number of ether oxygens (including phenoxy) is 3. The van der Waals surface area contributed by atoms with E-state index < -0.39 is 23.9 Å². The number of benzene rings is 2. The molecular weight excluding hydrogens is 608 g/mol. The average Bonchev–Trinajstić information content (AvgIpc) is 3.16. The number of halogens is 1. The highest BCUT2D eigenvalue weighted by atomic mass is 35.5. The Morgan fingerprint density at radius 3 is 2.72 bits per heavy atom. The summed E-state index contributed by atoms with van der Waals surface area (Å²) in [6.45, 7) is 3.58. The summed E-state index contributed by atoms with van der Waals surface area (Å²) in [4.78, 5) is 42.5. The van der Waals surface area contributed by atoms with Gasteiger partial charge in [0.1, 0.15) is 11.9 Å². The number of aliphatic hydroxyl groups is 1. The monoisotopic (exact) mass is 650 g/mol. The smallest absolute Gasteiger partial charge is 0.343 e. The standard InChI is InChI=1S/C36H43ClN2O7/c1-23(40)46-31-8-4-5-16-38(2)33(41)19-36(43,34(42)44-3)26-10-14-32-30(18-26)39(20-25-9-12-28(25)31)21-35(22-45-32)15-6-7-24-17-27(37)11-13-29(24)35/h4,8,10-11,13-14,17-18,25,28,31,43H,5-7,9,12,15-16,19-22H2,1-3H3/b8-4+/t25-,28+,31-,35-,36+/m0/s1. The van der Waals surface area contributed by atoms with Gasteiger partial charge in [0.2, 0.25) is 5.91 Å². The van der Waals surface area contributed by atoms with E-state index in [0.717, 1.165) is 37.8 Å². The van der Waals surface area contributed by atoms with Gasteiger partial charge in [-0.05, 0) is 91.5 Å². The van der Waals surface area contributed by atoms with Crippen molar-refractivity contribution in [2.75, 3.05) is 45.3 Å². The Morgan fingerprint density at radius 2 is 1.98 bits per heavy atom. The summed E-state index contributed by atoms with van der Waals surface area (Å²) in [6.07, 6.45) is 8.37. The summed E-state index contributed by atoms with van der Waals surface area (Å²) in [5.74, 6) is -0.615. The first-order valence-corrected chi connectivity index (χ1v) is 16.6. The number of carbonyl (C=O) groups is 3. The minimum atomic E-state index is -2.19. The van der Waals surface area contributed by atoms with Crippen LogP contribution in [0.25, 0.3) is 0 Å². The third kappa shape index (κ3) is 6.11. The number of amides is 1. The van der Waals surface area contributed by atoms with Crippen molar-refractivity contribution >= 4 is 35.1 Å². The molecule has 1 N–H and O–H groups in total. The van der Waals surface area contributed by atoms with E-state index in [4.69, 9.17) is 25.8 Å². The molecule has 1 saturated carbocycles. The molecule has 2 aromatic carbocycles. The zero-order valence-electron chi connectivity index (χ0n) is 26.8. The van der Waals surface area contributed by atoms with Crippen molar-refractivity contribution in [3.8, 4) is 5.75 Å². The molecule has 0 saturated heterocycles. The van der Waals surface area contributed by atoms with Crippen molar-refractivity contribution in [3.63, 3.8) is 0 Å². The zero-order chi connectivity index (χ0) is 32.6. The van der Waals surface area contributed by atoms with Crippen LogP contribution in [0.4, 0.5) is 5.69 Å². The van der Waals surface area contributed by atoms with E-state index >= 15 is 0 Å². The normalized spacial score (nSPS) is 30.2. The Bertz CT molecular complexity index is 1540. The number of esters is 2. The largest absolute Gasteiger partial charge is 0.490 e. The van der Waals surface area contributed by atoms with Gasteiger partial charge in [0.05, 0.1) is 25.8 Å². The molecule has 1 spiro atoms. The van der Waals surface area contributed by atoms with Crippen LogP contribution < -0.4 is 9.64 Å². The van der Waals surface area contributed by atoms with Gasteiger partial charge in [-0.1, -0.05) is 29.8 Å². The number of methoxy groups -OCH3 is 1. The van der Waals surface area contributed by atoms with E-state index in [-0.39, 0.29) is 34.9 Å². The molecule has 5 atom stereocenters. The summed E-state index contributed by atoms with van der Waals surface area (Å²) >= 11 is 6.43. The van der Waals surface area contributed by atoms with Gasteiger partial charge in [0.25, 0.3) is 0 Å². The second-order valence-corrected chi connectivity index (χ2v) is 13.9. The molecule has 2 aliphatic heterocycles. The molecule has 1 fully saturated rings. The Hall–Kier alpha value is -3.56. The molecule has 1 amide bonds. The molecule has 0 aromatic heterocycles. The molecule has 0 unspecified atom stereocenters. The van der Waals surface area contributed by atoms with Crippen LogP contribution in [0.5, 0.6) is 5.75 Å². The van der Waals surface area contributed by atoms with Gasteiger partial charge in [-0.2, -0.15) is 0 Å². The summed E-state index contributed by atoms with van der Waals surface area (Å²) in [5, 5.41) is 12.6. The SMILES string of the molecule is COC(=O)[C@@]1(O)CC(=O)N(C)CC/C=C/[C@H](OC(C)=O)[C@@H]2CC[C@H]2CN2C[C@@]3(CCCc4cc(Cl)ccc43)COc3ccc1cc32. The van der Waals surface area contributed by atoms with Crippen molar-refractivity contribution in [1.82, 2.24) is 4.90 Å². The Kier molecular flexibility index (Phi) is 9.09. The molecule has 2 heterocycles. The Morgan fingerprint density at radius 1 is 1.15 bits per heavy atom. The van der Waals surface area contributed by atoms with Crippen LogP contribution in [0.15, 0.2) is 48.6 Å². The van der Waals surface area contributed by atoms with Crippen LogP contribution in [-0.2, 0) is 41.3 Å². The van der Waals surface area contributed by atoms with Gasteiger partial charge in [-0.25, -0.2) is 4.79 Å². The Labute approximate surface area is 275 Å². The van der Waals surface area contributed by atoms with E-state index in [0.29, 0.717) is 43.4 Å². The number of carbonyl (C=O) groups excluding carboxylic acids is 3. The predicted molar refractivity (Wildman–Crippen MR) is 174 cm³/mol. The molecule has 2 aromatic rings. The highest BCUT2D eigenvalue weighted by Gasteiger charge is 2.47. The number of nitrogens with zero attached hydrogens (tertiary/aromatic N) is 2. The number of fused-ring (bicyclic) bond motifs is 4. The lowest BCUT2D eigenvalue weighted by Crippen LogP contribution is -2.50. The predicted octanol–water partition coefficient (Wildman–Crippen LogP) is 4.94. The lowest BCUT2D eigenvalue weighted by atomic mass is 9.68. The van der Waals surface area contributed by atoms with Crippen LogP contribution in [0.3, 0.4) is 0 Å². The fourth-order valence-corrected chi connectivity index (χ4v) is 8.00. The van der Waals surface area contributed by atoms with Gasteiger partial charge in [0.15, 0.2) is 5.60 Å². The fraction of sp³-hybridized carbons (Fsp3) is 0.528. The van der Waals surface area contributed by atoms with Crippen LogP contribution in [0.1, 0.15) is 62.1 Å². The van der Waals surface area contributed by atoms with Crippen molar-refractivity contribution in [3.05, 3.63) is 70.3 Å². The van der Waals surface area contributed by atoms with Crippen LogP contribution in [0, 0.1) is 11.8 Å². The molecule has 4 aliphatic rings. The molecular formula is C36H43ClN2O7. The Balaban J connectivity index is 1.47. The second kappa shape index (κ2) is 12.9. The van der Waals surface area contributed by atoms with Crippen LogP contribution >= 0.6 is 11.6 Å². The topological polar surface area (TPSA) is 106 Å². The number of anilines is 1. The molecule has 46 heavy (non-hydrogen) atoms. The van der Waals surface area contributed by atoms with Crippen molar-refractivity contribution in [2.45, 2.75) is 69.0 Å². The molecule has 0 radical (unpaired) electrons. The van der Waals surface area contributed by atoms with Gasteiger partial charge in [0, 0.05) is 50.0 Å². The van der Waals surface area contributed by atoms with E-state index in [1.54, 1.807) is 25.2 Å². The van der Waals surface area contributed by atoms with E-state index in [1.165, 1.54) is 30.1 Å². The third-order valence-electron chi connectivity index (χ3n) is 10.5. The summed E-state index contributed by atoms with van der Waals surface area (Å²) in [7, 11) is 2.85. The number of hydrogen-bond acceptors (Lipinski definition) is 8. The quantitative estimate of drug-likeness (QED) is 0.360. The maximum Gasteiger partial charge on any atom is 0.343 e. The maximum absolute atomic E-state index is 13.4. The van der Waals surface area contributed by atoms with E-state index in [9.17, 15) is 19.5 Å². The van der Waals surface area contributed by atoms with E-state index in [1.807, 2.05) is 18.2 Å². The highest BCUT2D eigenvalue weighted by Crippen LogP contribution is 2.48. The molecule has 246 valence electrons. The summed E-state index contributed by atoms with van der Waals surface area (Å²) in [5.41, 5.74) is 0.975. The number of rotatable bonds is 2. The van der Waals surface area contributed by atoms with Crippen LogP contribution in [-0.4, -0.2) is 74.4 Å². The van der Waals surface area contributed by atoms with E-state index in [2.05, 4.69) is 17.0 Å². The molecule has 9 nitrogen and oxygen atoms in total. The molecule has 2 aliphatic carbocycles.